The Bertz CT molecular complexity index is 311. The van der Waals surface area contributed by atoms with E-state index in [2.05, 4.69) is 11.6 Å². The molecule has 0 aliphatic carbocycles. The summed E-state index contributed by atoms with van der Waals surface area (Å²) in [6.45, 7) is 6.48. The van der Waals surface area contributed by atoms with E-state index in [-0.39, 0.29) is 0 Å². The first-order valence-electron chi connectivity index (χ1n) is 6.44. The van der Waals surface area contributed by atoms with E-state index in [1.165, 1.54) is 0 Å². The second kappa shape index (κ2) is 6.68. The van der Waals surface area contributed by atoms with Gasteiger partial charge in [-0.3, -0.25) is 0 Å². The topological polar surface area (TPSA) is 75.4 Å². The standard InChI is InChI=1S/C11H25N3O2S/c1-3-10(2)9-13-17(15,16)14-6-4-11(8-12)5-7-14/h10-11,13H,3-9,12H2,1-2H3. The lowest BCUT2D eigenvalue weighted by Crippen LogP contribution is -2.46. The Balaban J connectivity index is 2.43. The molecule has 5 nitrogen and oxygen atoms in total. The highest BCUT2D eigenvalue weighted by Crippen LogP contribution is 2.17. The first-order chi connectivity index (χ1) is 7.99. The number of piperidine rings is 1. The summed E-state index contributed by atoms with van der Waals surface area (Å²) in [6.07, 6.45) is 2.74. The lowest BCUT2D eigenvalue weighted by atomic mass is 9.99. The molecular formula is C11H25N3O2S. The molecule has 3 N–H and O–H groups in total. The van der Waals surface area contributed by atoms with Crippen molar-refractivity contribution in [1.29, 1.82) is 0 Å². The molecule has 6 heteroatoms. The lowest BCUT2D eigenvalue weighted by Gasteiger charge is -2.30. The summed E-state index contributed by atoms with van der Waals surface area (Å²) in [5.74, 6) is 0.863. The van der Waals surface area contributed by atoms with Crippen LogP contribution in [0.1, 0.15) is 33.1 Å². The van der Waals surface area contributed by atoms with Gasteiger partial charge in [-0.05, 0) is 31.2 Å². The molecule has 17 heavy (non-hydrogen) atoms. The molecule has 0 aromatic heterocycles. The number of nitrogens with zero attached hydrogens (tertiary/aromatic N) is 1. The molecule has 1 fully saturated rings. The van der Waals surface area contributed by atoms with Crippen molar-refractivity contribution in [3.05, 3.63) is 0 Å². The van der Waals surface area contributed by atoms with Crippen molar-refractivity contribution >= 4 is 10.2 Å². The molecule has 0 spiro atoms. The van der Waals surface area contributed by atoms with Crippen molar-refractivity contribution in [2.45, 2.75) is 33.1 Å². The molecule has 1 heterocycles. The maximum absolute atomic E-state index is 12.0. The van der Waals surface area contributed by atoms with Crippen LogP contribution in [0.15, 0.2) is 0 Å². The van der Waals surface area contributed by atoms with Gasteiger partial charge in [0.05, 0.1) is 0 Å². The molecule has 1 aliphatic heterocycles. The fraction of sp³-hybridized carbons (Fsp3) is 1.00. The third-order valence-corrected chi connectivity index (χ3v) is 5.13. The zero-order valence-corrected chi connectivity index (χ0v) is 11.7. The molecular weight excluding hydrogens is 238 g/mol. The predicted octanol–water partition coefficient (Wildman–Crippen LogP) is 0.538. The summed E-state index contributed by atoms with van der Waals surface area (Å²) >= 11 is 0. The van der Waals surface area contributed by atoms with Gasteiger partial charge in [0, 0.05) is 19.6 Å². The molecule has 1 rings (SSSR count). The third-order valence-electron chi connectivity index (χ3n) is 3.56. The van der Waals surface area contributed by atoms with Gasteiger partial charge >= 0.3 is 0 Å². The molecule has 0 amide bonds. The zero-order chi connectivity index (χ0) is 12.9. The van der Waals surface area contributed by atoms with Gasteiger partial charge in [0.1, 0.15) is 0 Å². The van der Waals surface area contributed by atoms with Gasteiger partial charge in [0.15, 0.2) is 0 Å². The highest BCUT2D eigenvalue weighted by molar-refractivity contribution is 7.87. The van der Waals surface area contributed by atoms with Crippen molar-refractivity contribution in [3.8, 4) is 0 Å². The van der Waals surface area contributed by atoms with Crippen molar-refractivity contribution in [1.82, 2.24) is 9.03 Å². The average Bonchev–Trinajstić information content (AvgIpc) is 2.36. The van der Waals surface area contributed by atoms with E-state index in [0.717, 1.165) is 19.3 Å². The monoisotopic (exact) mass is 263 g/mol. The van der Waals surface area contributed by atoms with Gasteiger partial charge < -0.3 is 5.73 Å². The quantitative estimate of drug-likeness (QED) is 0.734. The minimum Gasteiger partial charge on any atom is -0.330 e. The Labute approximate surface area is 105 Å². The number of nitrogens with two attached hydrogens (primary N) is 1. The molecule has 1 aliphatic rings. The first kappa shape index (κ1) is 14.9. The fourth-order valence-electron chi connectivity index (χ4n) is 1.87. The maximum Gasteiger partial charge on any atom is 0.279 e. The van der Waals surface area contributed by atoms with Crippen LogP contribution in [0.2, 0.25) is 0 Å². The van der Waals surface area contributed by atoms with E-state index in [1.807, 2.05) is 6.92 Å². The van der Waals surface area contributed by atoms with Crippen LogP contribution >= 0.6 is 0 Å². The van der Waals surface area contributed by atoms with Crippen molar-refractivity contribution in [2.75, 3.05) is 26.2 Å². The van der Waals surface area contributed by atoms with Crippen LogP contribution in [0, 0.1) is 11.8 Å². The molecule has 102 valence electrons. The number of nitrogens with one attached hydrogen (secondary N) is 1. The summed E-state index contributed by atoms with van der Waals surface area (Å²) in [6, 6.07) is 0. The van der Waals surface area contributed by atoms with Crippen molar-refractivity contribution < 1.29 is 8.42 Å². The van der Waals surface area contributed by atoms with Gasteiger partial charge in [-0.2, -0.15) is 12.7 Å². The van der Waals surface area contributed by atoms with Crippen molar-refractivity contribution in [2.24, 2.45) is 17.6 Å². The minimum absolute atomic E-state index is 0.381. The van der Waals surface area contributed by atoms with E-state index in [4.69, 9.17) is 5.73 Å². The fourth-order valence-corrected chi connectivity index (χ4v) is 3.24. The van der Waals surface area contributed by atoms with Crippen LogP contribution in [0.25, 0.3) is 0 Å². The van der Waals surface area contributed by atoms with Gasteiger partial charge in [0.2, 0.25) is 0 Å². The third kappa shape index (κ3) is 4.54. The van der Waals surface area contributed by atoms with Crippen LogP contribution < -0.4 is 10.5 Å². The predicted molar refractivity (Wildman–Crippen MR) is 69.7 cm³/mol. The van der Waals surface area contributed by atoms with E-state index in [0.29, 0.717) is 38.0 Å². The molecule has 0 radical (unpaired) electrons. The van der Waals surface area contributed by atoms with E-state index >= 15 is 0 Å². The van der Waals surface area contributed by atoms with Crippen LogP contribution in [-0.2, 0) is 10.2 Å². The highest BCUT2D eigenvalue weighted by Gasteiger charge is 2.27. The lowest BCUT2D eigenvalue weighted by molar-refractivity contribution is 0.275. The SMILES string of the molecule is CCC(C)CNS(=O)(=O)N1CCC(CN)CC1. The largest absolute Gasteiger partial charge is 0.330 e. The Kier molecular flexibility index (Phi) is 5.85. The minimum atomic E-state index is -3.28. The van der Waals surface area contributed by atoms with E-state index in [9.17, 15) is 8.42 Å². The Morgan fingerprint density at radius 2 is 2.00 bits per heavy atom. The second-order valence-corrected chi connectivity index (χ2v) is 6.70. The molecule has 0 aromatic rings. The van der Waals surface area contributed by atoms with Crippen LogP contribution in [0.4, 0.5) is 0 Å². The second-order valence-electron chi connectivity index (χ2n) is 4.95. The van der Waals surface area contributed by atoms with Crippen LogP contribution in [0.3, 0.4) is 0 Å². The summed E-state index contributed by atoms with van der Waals surface area (Å²) in [7, 11) is -3.28. The van der Waals surface area contributed by atoms with Gasteiger partial charge in [0.25, 0.3) is 10.2 Å². The van der Waals surface area contributed by atoms with Gasteiger partial charge in [-0.15, -0.1) is 0 Å². The van der Waals surface area contributed by atoms with E-state index < -0.39 is 10.2 Å². The highest BCUT2D eigenvalue weighted by atomic mass is 32.2. The molecule has 1 saturated heterocycles. The van der Waals surface area contributed by atoms with Crippen molar-refractivity contribution in [3.63, 3.8) is 0 Å². The van der Waals surface area contributed by atoms with E-state index in [1.54, 1.807) is 4.31 Å². The summed E-state index contributed by atoms with van der Waals surface area (Å²) in [5, 5.41) is 0. The summed E-state index contributed by atoms with van der Waals surface area (Å²) < 4.78 is 28.2. The van der Waals surface area contributed by atoms with Crippen LogP contribution in [-0.4, -0.2) is 38.9 Å². The van der Waals surface area contributed by atoms with Crippen LogP contribution in [0.5, 0.6) is 0 Å². The average molecular weight is 263 g/mol. The van der Waals surface area contributed by atoms with Gasteiger partial charge in [-0.25, -0.2) is 4.72 Å². The normalized spacial score (nSPS) is 21.6. The summed E-state index contributed by atoms with van der Waals surface area (Å²) in [4.78, 5) is 0. The Hall–Kier alpha value is -0.170. The summed E-state index contributed by atoms with van der Waals surface area (Å²) in [5.41, 5.74) is 5.59. The zero-order valence-electron chi connectivity index (χ0n) is 10.9. The Morgan fingerprint density at radius 3 is 2.47 bits per heavy atom. The van der Waals surface area contributed by atoms with Gasteiger partial charge in [-0.1, -0.05) is 20.3 Å². The molecule has 0 aromatic carbocycles. The molecule has 1 atom stereocenters. The smallest absolute Gasteiger partial charge is 0.279 e. The number of rotatable bonds is 6. The maximum atomic E-state index is 12.0. The first-order valence-corrected chi connectivity index (χ1v) is 7.88. The number of hydrogen-bond donors (Lipinski definition) is 2. The Morgan fingerprint density at radius 1 is 1.41 bits per heavy atom. The molecule has 1 unspecified atom stereocenters. The number of hydrogen-bond acceptors (Lipinski definition) is 3. The molecule has 0 saturated carbocycles. The molecule has 0 bridgehead atoms.